The number of nitrogens with one attached hydrogen (secondary N) is 1. The summed E-state index contributed by atoms with van der Waals surface area (Å²) in [5.74, 6) is 0.606. The molecule has 2 amide bonds. The molecule has 24 heavy (non-hydrogen) atoms. The van der Waals surface area contributed by atoms with Gasteiger partial charge in [-0.05, 0) is 49.9 Å². The van der Waals surface area contributed by atoms with Crippen LogP contribution in [0.3, 0.4) is 0 Å². The quantitative estimate of drug-likeness (QED) is 0.943. The lowest BCUT2D eigenvalue weighted by molar-refractivity contribution is 0.00773. The highest BCUT2D eigenvalue weighted by atomic mass is 16.5. The number of anilines is 1. The second kappa shape index (κ2) is 6.28. The van der Waals surface area contributed by atoms with Gasteiger partial charge >= 0.3 is 6.03 Å². The zero-order valence-electron chi connectivity index (χ0n) is 13.8. The van der Waals surface area contributed by atoms with Crippen molar-refractivity contribution >= 4 is 11.7 Å². The molecule has 1 saturated carbocycles. The number of benzene rings is 1. The number of morpholine rings is 1. The maximum Gasteiger partial charge on any atom is 0.322 e. The molecule has 1 aromatic heterocycles. The lowest BCUT2D eigenvalue weighted by Crippen LogP contribution is -2.51. The van der Waals surface area contributed by atoms with E-state index in [1.807, 2.05) is 46.8 Å². The number of amides is 2. The molecule has 0 bridgehead atoms. The van der Waals surface area contributed by atoms with E-state index in [2.05, 4.69) is 10.4 Å². The predicted molar refractivity (Wildman–Crippen MR) is 91.4 cm³/mol. The van der Waals surface area contributed by atoms with Crippen LogP contribution in [0.1, 0.15) is 18.5 Å². The fraction of sp³-hybridized carbons (Fsp3) is 0.444. The standard InChI is InChI=1S/C18H22N4O2/c1-13-7-8-19-22(13)16-4-2-3-15(11-16)20-18(23)21-9-10-24-12-17(21)14-5-6-14/h2-4,7-8,11,14,17H,5-6,9-10,12H2,1H3,(H,20,23)/t17-/m0/s1. The molecule has 1 aliphatic carbocycles. The first kappa shape index (κ1) is 15.2. The van der Waals surface area contributed by atoms with E-state index in [1.165, 1.54) is 12.8 Å². The number of aromatic nitrogens is 2. The van der Waals surface area contributed by atoms with Crippen LogP contribution >= 0.6 is 0 Å². The number of carbonyl (C=O) groups is 1. The minimum atomic E-state index is -0.0375. The first-order valence-electron chi connectivity index (χ1n) is 8.49. The molecule has 6 heteroatoms. The molecule has 1 aromatic carbocycles. The van der Waals surface area contributed by atoms with Gasteiger partial charge in [-0.2, -0.15) is 5.10 Å². The molecule has 2 aromatic rings. The van der Waals surface area contributed by atoms with Crippen molar-refractivity contribution in [2.45, 2.75) is 25.8 Å². The van der Waals surface area contributed by atoms with E-state index in [4.69, 9.17) is 4.74 Å². The fourth-order valence-corrected chi connectivity index (χ4v) is 3.30. The van der Waals surface area contributed by atoms with Crippen molar-refractivity contribution in [1.29, 1.82) is 0 Å². The normalized spacial score (nSPS) is 20.9. The Hall–Kier alpha value is -2.34. The minimum Gasteiger partial charge on any atom is -0.377 e. The van der Waals surface area contributed by atoms with Crippen molar-refractivity contribution in [3.8, 4) is 5.69 Å². The van der Waals surface area contributed by atoms with Gasteiger partial charge in [0.25, 0.3) is 0 Å². The average Bonchev–Trinajstić information content (AvgIpc) is 3.36. The van der Waals surface area contributed by atoms with Crippen molar-refractivity contribution in [2.24, 2.45) is 5.92 Å². The Kier molecular flexibility index (Phi) is 3.98. The molecule has 2 aliphatic rings. The van der Waals surface area contributed by atoms with E-state index in [9.17, 15) is 4.79 Å². The van der Waals surface area contributed by atoms with E-state index in [-0.39, 0.29) is 12.1 Å². The van der Waals surface area contributed by atoms with Gasteiger partial charge in [-0.15, -0.1) is 0 Å². The van der Waals surface area contributed by atoms with Crippen LogP contribution in [0.15, 0.2) is 36.5 Å². The Morgan fingerprint density at radius 2 is 2.21 bits per heavy atom. The summed E-state index contributed by atoms with van der Waals surface area (Å²) in [5, 5.41) is 7.35. The van der Waals surface area contributed by atoms with Crippen LogP contribution < -0.4 is 5.32 Å². The predicted octanol–water partition coefficient (Wildman–Crippen LogP) is 2.82. The third kappa shape index (κ3) is 3.01. The summed E-state index contributed by atoms with van der Waals surface area (Å²) < 4.78 is 7.42. The van der Waals surface area contributed by atoms with Crippen LogP contribution in [0, 0.1) is 12.8 Å². The summed E-state index contributed by atoms with van der Waals surface area (Å²) in [6.07, 6.45) is 4.17. The van der Waals surface area contributed by atoms with Gasteiger partial charge in [-0.25, -0.2) is 9.48 Å². The highest BCUT2D eigenvalue weighted by Crippen LogP contribution is 2.36. The van der Waals surface area contributed by atoms with Crippen LogP contribution in [0.2, 0.25) is 0 Å². The molecule has 0 radical (unpaired) electrons. The molecule has 4 rings (SSSR count). The van der Waals surface area contributed by atoms with Gasteiger partial charge in [0.2, 0.25) is 0 Å². The summed E-state index contributed by atoms with van der Waals surface area (Å²) in [6.45, 7) is 3.94. The molecular formula is C18H22N4O2. The van der Waals surface area contributed by atoms with Crippen molar-refractivity contribution in [1.82, 2.24) is 14.7 Å². The van der Waals surface area contributed by atoms with Crippen molar-refractivity contribution in [2.75, 3.05) is 25.1 Å². The Morgan fingerprint density at radius 3 is 2.96 bits per heavy atom. The topological polar surface area (TPSA) is 59.4 Å². The van der Waals surface area contributed by atoms with Gasteiger partial charge < -0.3 is 15.0 Å². The highest BCUT2D eigenvalue weighted by Gasteiger charge is 2.39. The number of ether oxygens (including phenoxy) is 1. The van der Waals surface area contributed by atoms with Crippen molar-refractivity contribution < 1.29 is 9.53 Å². The van der Waals surface area contributed by atoms with E-state index >= 15 is 0 Å². The molecule has 126 valence electrons. The molecule has 2 heterocycles. The number of hydrogen-bond donors (Lipinski definition) is 1. The van der Waals surface area contributed by atoms with Crippen LogP contribution in [0.25, 0.3) is 5.69 Å². The molecule has 1 aliphatic heterocycles. The van der Waals surface area contributed by atoms with Crippen molar-refractivity contribution in [3.05, 3.63) is 42.2 Å². The van der Waals surface area contributed by atoms with E-state index < -0.39 is 0 Å². The third-order valence-electron chi connectivity index (χ3n) is 4.77. The number of hydrogen-bond acceptors (Lipinski definition) is 3. The van der Waals surface area contributed by atoms with E-state index in [0.717, 1.165) is 17.1 Å². The van der Waals surface area contributed by atoms with Gasteiger partial charge in [0.05, 0.1) is 24.9 Å². The Balaban J connectivity index is 1.50. The number of nitrogens with zero attached hydrogens (tertiary/aromatic N) is 3. The maximum atomic E-state index is 12.7. The van der Waals surface area contributed by atoms with Crippen molar-refractivity contribution in [3.63, 3.8) is 0 Å². The number of urea groups is 1. The summed E-state index contributed by atoms with van der Waals surface area (Å²) in [5.41, 5.74) is 2.78. The smallest absolute Gasteiger partial charge is 0.322 e. The highest BCUT2D eigenvalue weighted by molar-refractivity contribution is 5.90. The second-order valence-corrected chi connectivity index (χ2v) is 6.54. The van der Waals surface area contributed by atoms with Gasteiger partial charge in [0.15, 0.2) is 0 Å². The number of aryl methyl sites for hydroxylation is 1. The summed E-state index contributed by atoms with van der Waals surface area (Å²) in [7, 11) is 0. The Bertz CT molecular complexity index is 738. The molecule has 1 atom stereocenters. The molecule has 2 fully saturated rings. The lowest BCUT2D eigenvalue weighted by Gasteiger charge is -2.35. The monoisotopic (exact) mass is 326 g/mol. The van der Waals surface area contributed by atoms with Gasteiger partial charge in [0.1, 0.15) is 0 Å². The number of carbonyl (C=O) groups excluding carboxylic acids is 1. The first-order valence-corrected chi connectivity index (χ1v) is 8.49. The van der Waals surface area contributed by atoms with Crippen LogP contribution in [-0.4, -0.2) is 46.5 Å². The first-order chi connectivity index (χ1) is 11.7. The molecule has 1 N–H and O–H groups in total. The number of rotatable bonds is 3. The molecule has 0 unspecified atom stereocenters. The van der Waals surface area contributed by atoms with Crippen LogP contribution in [0.5, 0.6) is 0 Å². The van der Waals surface area contributed by atoms with Crippen LogP contribution in [-0.2, 0) is 4.74 Å². The van der Waals surface area contributed by atoms with E-state index in [1.54, 1.807) is 6.20 Å². The molecule has 6 nitrogen and oxygen atoms in total. The Labute approximate surface area is 141 Å². The van der Waals surface area contributed by atoms with Crippen LogP contribution in [0.4, 0.5) is 10.5 Å². The van der Waals surface area contributed by atoms with Gasteiger partial charge in [0, 0.05) is 24.1 Å². The molecule has 1 saturated heterocycles. The summed E-state index contributed by atoms with van der Waals surface area (Å²) in [6, 6.07) is 9.91. The minimum absolute atomic E-state index is 0.0375. The lowest BCUT2D eigenvalue weighted by atomic mass is 10.1. The maximum absolute atomic E-state index is 12.7. The van der Waals surface area contributed by atoms with Gasteiger partial charge in [-0.3, -0.25) is 0 Å². The zero-order chi connectivity index (χ0) is 16.5. The third-order valence-corrected chi connectivity index (χ3v) is 4.77. The summed E-state index contributed by atoms with van der Waals surface area (Å²) in [4.78, 5) is 14.6. The fourth-order valence-electron chi connectivity index (χ4n) is 3.30. The second-order valence-electron chi connectivity index (χ2n) is 6.54. The SMILES string of the molecule is Cc1ccnn1-c1cccc(NC(=O)N2CCOC[C@H]2C2CC2)c1. The molecule has 0 spiro atoms. The zero-order valence-corrected chi connectivity index (χ0v) is 13.8. The van der Waals surface area contributed by atoms with E-state index in [0.29, 0.717) is 25.7 Å². The molecular weight excluding hydrogens is 304 g/mol. The largest absolute Gasteiger partial charge is 0.377 e. The Morgan fingerprint density at radius 1 is 1.33 bits per heavy atom. The summed E-state index contributed by atoms with van der Waals surface area (Å²) >= 11 is 0. The average molecular weight is 326 g/mol. The van der Waals surface area contributed by atoms with Gasteiger partial charge in [-0.1, -0.05) is 6.07 Å².